The zero-order chi connectivity index (χ0) is 19.3. The molecule has 0 aliphatic heterocycles. The lowest BCUT2D eigenvalue weighted by Gasteiger charge is -2.30. The standard InChI is InChI=1S/C21H31N5O.HI/c1-4-26(5-2)20(18-10-7-6-8-11-18)17-25-21(22-3)24-14-15-27-19-12-9-13-23-16-19;/h6-13,16,20H,4-5,14-15,17H2,1-3H3,(H2,22,24,25);1H. The lowest BCUT2D eigenvalue weighted by Crippen LogP contribution is -2.44. The number of halogens is 1. The van der Waals surface area contributed by atoms with Gasteiger partial charge in [0, 0.05) is 19.8 Å². The molecule has 2 aromatic rings. The van der Waals surface area contributed by atoms with Crippen molar-refractivity contribution < 1.29 is 4.74 Å². The zero-order valence-electron chi connectivity index (χ0n) is 17.0. The van der Waals surface area contributed by atoms with Crippen molar-refractivity contribution >= 4 is 29.9 Å². The Labute approximate surface area is 185 Å². The van der Waals surface area contributed by atoms with Gasteiger partial charge in [0.05, 0.1) is 18.8 Å². The van der Waals surface area contributed by atoms with Crippen LogP contribution < -0.4 is 15.4 Å². The Hall–Kier alpha value is -1.87. The smallest absolute Gasteiger partial charge is 0.191 e. The fraction of sp³-hybridized carbons (Fsp3) is 0.429. The van der Waals surface area contributed by atoms with Gasteiger partial charge in [-0.15, -0.1) is 24.0 Å². The summed E-state index contributed by atoms with van der Waals surface area (Å²) in [6, 6.07) is 14.7. The molecular weight excluding hydrogens is 465 g/mol. The molecule has 2 N–H and O–H groups in total. The first kappa shape index (κ1) is 24.2. The maximum absolute atomic E-state index is 5.65. The minimum absolute atomic E-state index is 0. The van der Waals surface area contributed by atoms with Gasteiger partial charge in [-0.1, -0.05) is 44.2 Å². The summed E-state index contributed by atoms with van der Waals surface area (Å²) in [5, 5.41) is 6.74. The number of nitrogens with zero attached hydrogens (tertiary/aromatic N) is 3. The predicted molar refractivity (Wildman–Crippen MR) is 127 cm³/mol. The Bertz CT molecular complexity index is 665. The van der Waals surface area contributed by atoms with E-state index in [1.165, 1.54) is 5.56 Å². The summed E-state index contributed by atoms with van der Waals surface area (Å²) in [6.07, 6.45) is 3.44. The predicted octanol–water partition coefficient (Wildman–Crippen LogP) is 3.33. The van der Waals surface area contributed by atoms with Crippen LogP contribution in [0.15, 0.2) is 59.9 Å². The summed E-state index contributed by atoms with van der Waals surface area (Å²) in [6.45, 7) is 8.39. The van der Waals surface area contributed by atoms with Crippen molar-refractivity contribution in [2.24, 2.45) is 4.99 Å². The number of aromatic nitrogens is 1. The van der Waals surface area contributed by atoms with Crippen molar-refractivity contribution in [1.29, 1.82) is 0 Å². The Morgan fingerprint density at radius 3 is 2.46 bits per heavy atom. The zero-order valence-corrected chi connectivity index (χ0v) is 19.3. The second-order valence-electron chi connectivity index (χ2n) is 6.06. The topological polar surface area (TPSA) is 61.8 Å². The van der Waals surface area contributed by atoms with Gasteiger partial charge in [0.1, 0.15) is 12.4 Å². The highest BCUT2D eigenvalue weighted by Crippen LogP contribution is 2.19. The molecule has 0 amide bonds. The highest BCUT2D eigenvalue weighted by atomic mass is 127. The average Bonchev–Trinajstić information content (AvgIpc) is 2.73. The molecule has 1 heterocycles. The van der Waals surface area contributed by atoms with Crippen molar-refractivity contribution in [2.75, 3.05) is 39.8 Å². The third kappa shape index (κ3) is 8.02. The van der Waals surface area contributed by atoms with Gasteiger partial charge in [0.15, 0.2) is 5.96 Å². The Morgan fingerprint density at radius 1 is 1.11 bits per heavy atom. The molecule has 0 aliphatic rings. The summed E-state index contributed by atoms with van der Waals surface area (Å²) in [5.41, 5.74) is 1.31. The van der Waals surface area contributed by atoms with Gasteiger partial charge in [0.25, 0.3) is 0 Å². The van der Waals surface area contributed by atoms with Crippen molar-refractivity contribution in [3.05, 3.63) is 60.4 Å². The number of nitrogens with one attached hydrogen (secondary N) is 2. The van der Waals surface area contributed by atoms with Gasteiger partial charge in [-0.25, -0.2) is 0 Å². The molecule has 1 unspecified atom stereocenters. The first-order valence-electron chi connectivity index (χ1n) is 9.54. The largest absolute Gasteiger partial charge is 0.490 e. The number of likely N-dealkylation sites (N-methyl/N-ethyl adjacent to an activating group) is 1. The lowest BCUT2D eigenvalue weighted by atomic mass is 10.1. The number of ether oxygens (including phenoxy) is 1. The lowest BCUT2D eigenvalue weighted by molar-refractivity contribution is 0.219. The van der Waals surface area contributed by atoms with Gasteiger partial charge in [-0.05, 0) is 30.8 Å². The van der Waals surface area contributed by atoms with E-state index in [1.807, 2.05) is 12.1 Å². The number of pyridine rings is 1. The third-order valence-electron chi connectivity index (χ3n) is 4.42. The molecule has 1 aromatic heterocycles. The van der Waals surface area contributed by atoms with E-state index >= 15 is 0 Å². The molecule has 28 heavy (non-hydrogen) atoms. The molecule has 0 radical (unpaired) electrons. The molecule has 0 saturated heterocycles. The number of rotatable bonds is 10. The Kier molecular flexibility index (Phi) is 12.2. The number of benzene rings is 1. The minimum atomic E-state index is 0. The van der Waals surface area contributed by atoms with Crippen molar-refractivity contribution in [1.82, 2.24) is 20.5 Å². The van der Waals surface area contributed by atoms with Crippen LogP contribution in [0.4, 0.5) is 0 Å². The van der Waals surface area contributed by atoms with Crippen LogP contribution in [0.3, 0.4) is 0 Å². The van der Waals surface area contributed by atoms with Crippen LogP contribution in [0, 0.1) is 0 Å². The molecule has 7 heteroatoms. The third-order valence-corrected chi connectivity index (χ3v) is 4.42. The van der Waals surface area contributed by atoms with E-state index in [1.54, 1.807) is 19.4 Å². The van der Waals surface area contributed by atoms with E-state index in [9.17, 15) is 0 Å². The number of hydrogen-bond donors (Lipinski definition) is 2. The first-order chi connectivity index (χ1) is 13.3. The second kappa shape index (κ2) is 14.2. The fourth-order valence-electron chi connectivity index (χ4n) is 2.98. The number of guanidine groups is 1. The molecule has 1 aromatic carbocycles. The molecule has 6 nitrogen and oxygen atoms in total. The maximum atomic E-state index is 5.65. The SMILES string of the molecule is CCN(CC)C(CNC(=NC)NCCOc1cccnc1)c1ccccc1.I. The maximum Gasteiger partial charge on any atom is 0.191 e. The van der Waals surface area contributed by atoms with Gasteiger partial charge in [-0.2, -0.15) is 0 Å². The quantitative estimate of drug-likeness (QED) is 0.228. The highest BCUT2D eigenvalue weighted by molar-refractivity contribution is 14.0. The Morgan fingerprint density at radius 2 is 1.86 bits per heavy atom. The van der Waals surface area contributed by atoms with Crippen LogP contribution in [0.1, 0.15) is 25.5 Å². The molecule has 2 rings (SSSR count). The van der Waals surface area contributed by atoms with Crippen molar-refractivity contribution in [2.45, 2.75) is 19.9 Å². The van der Waals surface area contributed by atoms with E-state index < -0.39 is 0 Å². The van der Waals surface area contributed by atoms with E-state index in [4.69, 9.17) is 4.74 Å². The molecule has 0 saturated carbocycles. The fourth-order valence-corrected chi connectivity index (χ4v) is 2.98. The van der Waals surface area contributed by atoms with E-state index in [0.717, 1.165) is 31.3 Å². The molecule has 1 atom stereocenters. The molecule has 154 valence electrons. The first-order valence-corrected chi connectivity index (χ1v) is 9.54. The Balaban J connectivity index is 0.00000392. The molecule has 0 bridgehead atoms. The summed E-state index contributed by atoms with van der Waals surface area (Å²) < 4.78 is 5.65. The van der Waals surface area contributed by atoms with Crippen LogP contribution in [-0.2, 0) is 0 Å². The molecule has 0 aliphatic carbocycles. The summed E-state index contributed by atoms with van der Waals surface area (Å²) >= 11 is 0. The van der Waals surface area contributed by atoms with Gasteiger partial charge in [-0.3, -0.25) is 14.9 Å². The van der Waals surface area contributed by atoms with Gasteiger partial charge in [0.2, 0.25) is 0 Å². The second-order valence-corrected chi connectivity index (χ2v) is 6.06. The van der Waals surface area contributed by atoms with E-state index in [-0.39, 0.29) is 24.0 Å². The average molecular weight is 497 g/mol. The van der Waals surface area contributed by atoms with Crippen LogP contribution >= 0.6 is 24.0 Å². The monoisotopic (exact) mass is 497 g/mol. The minimum Gasteiger partial charge on any atom is -0.490 e. The summed E-state index contributed by atoms with van der Waals surface area (Å²) in [7, 11) is 1.78. The van der Waals surface area contributed by atoms with Crippen molar-refractivity contribution in [3.8, 4) is 5.75 Å². The van der Waals surface area contributed by atoms with Crippen molar-refractivity contribution in [3.63, 3.8) is 0 Å². The van der Waals surface area contributed by atoms with Crippen LogP contribution in [0.2, 0.25) is 0 Å². The summed E-state index contributed by atoms with van der Waals surface area (Å²) in [5.74, 6) is 1.55. The van der Waals surface area contributed by atoms with E-state index in [0.29, 0.717) is 19.2 Å². The highest BCUT2D eigenvalue weighted by Gasteiger charge is 2.18. The molecule has 0 fully saturated rings. The van der Waals surface area contributed by atoms with Gasteiger partial charge < -0.3 is 15.4 Å². The van der Waals surface area contributed by atoms with E-state index in [2.05, 4.69) is 69.7 Å². The normalized spacial score (nSPS) is 12.2. The van der Waals surface area contributed by atoms with Gasteiger partial charge >= 0.3 is 0 Å². The number of aliphatic imine (C=N–C) groups is 1. The number of hydrogen-bond acceptors (Lipinski definition) is 4. The molecule has 0 spiro atoms. The van der Waals surface area contributed by atoms with Crippen LogP contribution in [-0.4, -0.2) is 55.7 Å². The summed E-state index contributed by atoms with van der Waals surface area (Å²) in [4.78, 5) is 10.8. The van der Waals surface area contributed by atoms with Crippen LogP contribution in [0.25, 0.3) is 0 Å². The van der Waals surface area contributed by atoms with Crippen LogP contribution in [0.5, 0.6) is 5.75 Å². The molecular formula is C21H32IN5O.